The molecule has 0 aromatic carbocycles. The molecule has 3 heterocycles. The fourth-order valence-corrected chi connectivity index (χ4v) is 3.32. The third-order valence-electron chi connectivity index (χ3n) is 4.63. The standard InChI is InChI=1S/C18H25F2N5/c1-13-7-16(10-22-18(13)25-6-4-3-5-14(25)2)21-8-15-9-23-24(11-15)12-17(19)20/h7,9-11,14,17,21H,3-6,8,12H2,1-2H3. The van der Waals surface area contributed by atoms with E-state index in [2.05, 4.69) is 40.2 Å². The Kier molecular flexibility index (Phi) is 5.50. The Labute approximate surface area is 147 Å². The summed E-state index contributed by atoms with van der Waals surface area (Å²) in [5.74, 6) is 1.06. The van der Waals surface area contributed by atoms with Gasteiger partial charge in [0.25, 0.3) is 6.43 Å². The Morgan fingerprint density at radius 2 is 2.16 bits per heavy atom. The minimum Gasteiger partial charge on any atom is -0.380 e. The summed E-state index contributed by atoms with van der Waals surface area (Å²) in [7, 11) is 0. The van der Waals surface area contributed by atoms with Crippen molar-refractivity contribution in [2.75, 3.05) is 16.8 Å². The average Bonchev–Trinajstić information content (AvgIpc) is 3.01. The zero-order valence-corrected chi connectivity index (χ0v) is 14.8. The molecule has 0 radical (unpaired) electrons. The maximum atomic E-state index is 12.4. The number of nitrogens with zero attached hydrogens (tertiary/aromatic N) is 4. The number of piperidine rings is 1. The first-order valence-electron chi connectivity index (χ1n) is 8.79. The highest BCUT2D eigenvalue weighted by Crippen LogP contribution is 2.27. The van der Waals surface area contributed by atoms with Crippen molar-refractivity contribution in [3.05, 3.63) is 35.8 Å². The van der Waals surface area contributed by atoms with Crippen LogP contribution in [0.5, 0.6) is 0 Å². The predicted molar refractivity (Wildman–Crippen MR) is 95.2 cm³/mol. The number of aryl methyl sites for hydroxylation is 1. The second-order valence-electron chi connectivity index (χ2n) is 6.72. The van der Waals surface area contributed by atoms with Crippen LogP contribution in [-0.2, 0) is 13.1 Å². The Morgan fingerprint density at radius 1 is 1.32 bits per heavy atom. The second kappa shape index (κ2) is 7.80. The molecule has 1 N–H and O–H groups in total. The number of hydrogen-bond donors (Lipinski definition) is 1. The van der Waals surface area contributed by atoms with E-state index in [1.165, 1.54) is 23.9 Å². The molecular weight excluding hydrogens is 324 g/mol. The molecule has 0 amide bonds. The molecule has 0 saturated carbocycles. The summed E-state index contributed by atoms with van der Waals surface area (Å²) in [6, 6.07) is 2.62. The average molecular weight is 349 g/mol. The Hall–Kier alpha value is -2.18. The van der Waals surface area contributed by atoms with E-state index in [0.29, 0.717) is 12.6 Å². The summed E-state index contributed by atoms with van der Waals surface area (Å²) in [6.45, 7) is 5.55. The highest BCUT2D eigenvalue weighted by molar-refractivity contribution is 5.55. The van der Waals surface area contributed by atoms with Gasteiger partial charge in [0, 0.05) is 30.9 Å². The molecule has 2 aromatic rings. The zero-order valence-electron chi connectivity index (χ0n) is 14.8. The fourth-order valence-electron chi connectivity index (χ4n) is 3.32. The van der Waals surface area contributed by atoms with Crippen LogP contribution in [0.25, 0.3) is 0 Å². The van der Waals surface area contributed by atoms with Gasteiger partial charge in [-0.15, -0.1) is 0 Å². The van der Waals surface area contributed by atoms with E-state index in [1.807, 2.05) is 6.20 Å². The molecule has 1 unspecified atom stereocenters. The monoisotopic (exact) mass is 349 g/mol. The van der Waals surface area contributed by atoms with Crippen molar-refractivity contribution in [3.63, 3.8) is 0 Å². The van der Waals surface area contributed by atoms with Gasteiger partial charge in [-0.3, -0.25) is 4.68 Å². The minimum atomic E-state index is -2.39. The van der Waals surface area contributed by atoms with Crippen LogP contribution < -0.4 is 10.2 Å². The maximum absolute atomic E-state index is 12.4. The van der Waals surface area contributed by atoms with Gasteiger partial charge in [-0.1, -0.05) is 0 Å². The van der Waals surface area contributed by atoms with E-state index >= 15 is 0 Å². The third kappa shape index (κ3) is 4.46. The van der Waals surface area contributed by atoms with Crippen LogP contribution in [0.2, 0.25) is 0 Å². The highest BCUT2D eigenvalue weighted by atomic mass is 19.3. The SMILES string of the molecule is Cc1cc(NCc2cnn(CC(F)F)c2)cnc1N1CCCCC1C. The molecule has 0 bridgehead atoms. The van der Waals surface area contributed by atoms with Crippen LogP contribution in [0.15, 0.2) is 24.7 Å². The lowest BCUT2D eigenvalue weighted by atomic mass is 10.0. The van der Waals surface area contributed by atoms with Crippen molar-refractivity contribution in [2.24, 2.45) is 0 Å². The topological polar surface area (TPSA) is 46.0 Å². The van der Waals surface area contributed by atoms with Crippen LogP contribution in [-0.4, -0.2) is 33.8 Å². The van der Waals surface area contributed by atoms with Gasteiger partial charge in [0.2, 0.25) is 0 Å². The molecule has 25 heavy (non-hydrogen) atoms. The lowest BCUT2D eigenvalue weighted by molar-refractivity contribution is 0.122. The molecule has 1 fully saturated rings. The van der Waals surface area contributed by atoms with Gasteiger partial charge in [-0.05, 0) is 44.7 Å². The largest absolute Gasteiger partial charge is 0.380 e. The molecule has 1 aliphatic rings. The number of hydrogen-bond acceptors (Lipinski definition) is 4. The molecule has 136 valence electrons. The summed E-state index contributed by atoms with van der Waals surface area (Å²) < 4.78 is 26.0. The number of pyridine rings is 1. The fraction of sp³-hybridized carbons (Fsp3) is 0.556. The normalized spacial score (nSPS) is 18.0. The minimum absolute atomic E-state index is 0.372. The van der Waals surface area contributed by atoms with Gasteiger partial charge in [0.05, 0.1) is 18.1 Å². The summed E-state index contributed by atoms with van der Waals surface area (Å²) in [4.78, 5) is 7.04. The first kappa shape index (κ1) is 17.6. The lowest BCUT2D eigenvalue weighted by Gasteiger charge is -2.35. The van der Waals surface area contributed by atoms with Gasteiger partial charge in [-0.25, -0.2) is 13.8 Å². The Balaban J connectivity index is 1.62. The number of alkyl halides is 2. The first-order valence-corrected chi connectivity index (χ1v) is 8.79. The summed E-state index contributed by atoms with van der Waals surface area (Å²) in [6.07, 6.45) is 6.42. The molecule has 0 spiro atoms. The van der Waals surface area contributed by atoms with Crippen LogP contribution in [0.4, 0.5) is 20.3 Å². The van der Waals surface area contributed by atoms with Crippen molar-refractivity contribution in [3.8, 4) is 0 Å². The van der Waals surface area contributed by atoms with Crippen LogP contribution in [0.3, 0.4) is 0 Å². The lowest BCUT2D eigenvalue weighted by Crippen LogP contribution is -2.38. The number of rotatable bonds is 6. The van der Waals surface area contributed by atoms with Crippen LogP contribution in [0, 0.1) is 6.92 Å². The van der Waals surface area contributed by atoms with Crippen LogP contribution in [0.1, 0.15) is 37.3 Å². The van der Waals surface area contributed by atoms with Gasteiger partial charge in [0.15, 0.2) is 0 Å². The number of aromatic nitrogens is 3. The molecule has 7 heteroatoms. The Bertz CT molecular complexity index is 701. The van der Waals surface area contributed by atoms with E-state index in [9.17, 15) is 8.78 Å². The number of halogens is 2. The van der Waals surface area contributed by atoms with Crippen molar-refractivity contribution >= 4 is 11.5 Å². The molecule has 3 rings (SSSR count). The molecule has 2 aromatic heterocycles. The highest BCUT2D eigenvalue weighted by Gasteiger charge is 2.21. The third-order valence-corrected chi connectivity index (χ3v) is 4.63. The molecule has 1 saturated heterocycles. The van der Waals surface area contributed by atoms with Crippen molar-refractivity contribution in [1.82, 2.24) is 14.8 Å². The van der Waals surface area contributed by atoms with Crippen molar-refractivity contribution < 1.29 is 8.78 Å². The number of anilines is 2. The van der Waals surface area contributed by atoms with Crippen molar-refractivity contribution in [1.29, 1.82) is 0 Å². The quantitative estimate of drug-likeness (QED) is 0.861. The van der Waals surface area contributed by atoms with E-state index in [0.717, 1.165) is 29.2 Å². The van der Waals surface area contributed by atoms with E-state index in [1.54, 1.807) is 12.4 Å². The first-order chi connectivity index (χ1) is 12.0. The van der Waals surface area contributed by atoms with Crippen molar-refractivity contribution in [2.45, 2.75) is 58.7 Å². The smallest absolute Gasteiger partial charge is 0.257 e. The molecular formula is C18H25F2N5. The molecule has 0 aliphatic carbocycles. The van der Waals surface area contributed by atoms with E-state index < -0.39 is 6.43 Å². The van der Waals surface area contributed by atoms with Gasteiger partial charge < -0.3 is 10.2 Å². The molecule has 5 nitrogen and oxygen atoms in total. The molecule has 1 atom stereocenters. The second-order valence-corrected chi connectivity index (χ2v) is 6.72. The van der Waals surface area contributed by atoms with Gasteiger partial charge in [-0.2, -0.15) is 5.10 Å². The van der Waals surface area contributed by atoms with Gasteiger partial charge in [0.1, 0.15) is 12.4 Å². The van der Waals surface area contributed by atoms with Crippen LogP contribution >= 0.6 is 0 Å². The summed E-state index contributed by atoms with van der Waals surface area (Å²) in [5, 5.41) is 7.23. The van der Waals surface area contributed by atoms with E-state index in [4.69, 9.17) is 0 Å². The summed E-state index contributed by atoms with van der Waals surface area (Å²) >= 11 is 0. The van der Waals surface area contributed by atoms with E-state index in [-0.39, 0.29) is 6.54 Å². The molecule has 1 aliphatic heterocycles. The number of nitrogens with one attached hydrogen (secondary N) is 1. The zero-order chi connectivity index (χ0) is 17.8. The summed E-state index contributed by atoms with van der Waals surface area (Å²) in [5.41, 5.74) is 2.94. The van der Waals surface area contributed by atoms with Gasteiger partial charge >= 0.3 is 0 Å². The predicted octanol–water partition coefficient (Wildman–Crippen LogP) is 3.84. The maximum Gasteiger partial charge on any atom is 0.257 e. The Morgan fingerprint density at radius 3 is 2.88 bits per heavy atom.